The van der Waals surface area contributed by atoms with Crippen molar-refractivity contribution >= 4 is 5.91 Å². The number of aromatic nitrogens is 2. The van der Waals surface area contributed by atoms with Crippen molar-refractivity contribution in [3.05, 3.63) is 17.0 Å². The summed E-state index contributed by atoms with van der Waals surface area (Å²) in [5.41, 5.74) is 3.25. The van der Waals surface area contributed by atoms with Gasteiger partial charge in [0.15, 0.2) is 0 Å². The number of aryl methyl sites for hydroxylation is 1. The number of amides is 1. The predicted molar refractivity (Wildman–Crippen MR) is 95.8 cm³/mol. The first-order chi connectivity index (χ1) is 11.4. The normalized spacial score (nSPS) is 18.4. The lowest BCUT2D eigenvalue weighted by Gasteiger charge is -2.35. The largest absolute Gasteiger partial charge is 0.360 e. The van der Waals surface area contributed by atoms with Gasteiger partial charge in [0, 0.05) is 23.8 Å². The van der Waals surface area contributed by atoms with Gasteiger partial charge in [0.1, 0.15) is 6.73 Å². The quantitative estimate of drug-likeness (QED) is 0.829. The molecule has 5 heteroatoms. The number of carbonyl (C=O) groups is 1. The molecule has 0 radical (unpaired) electrons. The van der Waals surface area contributed by atoms with Crippen LogP contribution in [-0.4, -0.2) is 27.8 Å². The van der Waals surface area contributed by atoms with Crippen LogP contribution < -0.4 is 5.32 Å². The highest BCUT2D eigenvalue weighted by molar-refractivity contribution is 5.79. The standard InChI is InChI=1S/C19H33N3O2/c1-6-24-13-22-16(4)17(15(3)21-22)12-14(2)18(23)20-19(5)10-8-7-9-11-19/h14H,6-13H2,1-5H3,(H,20,23)/t14-/m0/s1. The number of hydrogen-bond acceptors (Lipinski definition) is 3. The van der Waals surface area contributed by atoms with Crippen molar-refractivity contribution in [1.82, 2.24) is 15.1 Å². The number of nitrogens with one attached hydrogen (secondary N) is 1. The molecule has 2 rings (SSSR count). The molecule has 0 unspecified atom stereocenters. The van der Waals surface area contributed by atoms with E-state index in [0.717, 1.165) is 30.7 Å². The van der Waals surface area contributed by atoms with Crippen LogP contribution in [0.15, 0.2) is 0 Å². The Hall–Kier alpha value is -1.36. The van der Waals surface area contributed by atoms with Gasteiger partial charge in [0.05, 0.1) is 5.69 Å². The number of hydrogen-bond donors (Lipinski definition) is 1. The van der Waals surface area contributed by atoms with Crippen LogP contribution >= 0.6 is 0 Å². The van der Waals surface area contributed by atoms with E-state index in [1.54, 1.807) is 0 Å². The number of nitrogens with zero attached hydrogens (tertiary/aromatic N) is 2. The van der Waals surface area contributed by atoms with Crippen molar-refractivity contribution in [3.63, 3.8) is 0 Å². The molecule has 5 nitrogen and oxygen atoms in total. The Balaban J connectivity index is 1.99. The fourth-order valence-electron chi connectivity index (χ4n) is 3.61. The minimum atomic E-state index is -0.0501. The second-order valence-electron chi connectivity index (χ2n) is 7.49. The molecule has 1 aliphatic rings. The van der Waals surface area contributed by atoms with Gasteiger partial charge in [-0.1, -0.05) is 26.2 Å². The second kappa shape index (κ2) is 8.15. The van der Waals surface area contributed by atoms with Crippen LogP contribution in [0, 0.1) is 19.8 Å². The molecule has 1 fully saturated rings. The molecular formula is C19H33N3O2. The highest BCUT2D eigenvalue weighted by atomic mass is 16.5. The maximum absolute atomic E-state index is 12.7. The third-order valence-corrected chi connectivity index (χ3v) is 5.29. The van der Waals surface area contributed by atoms with Crippen LogP contribution in [0.1, 0.15) is 69.8 Å². The first-order valence-electron chi connectivity index (χ1n) is 9.29. The van der Waals surface area contributed by atoms with Crippen molar-refractivity contribution < 1.29 is 9.53 Å². The molecule has 0 aliphatic heterocycles. The summed E-state index contributed by atoms with van der Waals surface area (Å²) < 4.78 is 7.35. The zero-order chi connectivity index (χ0) is 17.7. The summed E-state index contributed by atoms with van der Waals surface area (Å²) in [5, 5.41) is 7.85. The molecular weight excluding hydrogens is 302 g/mol. The summed E-state index contributed by atoms with van der Waals surface area (Å²) >= 11 is 0. The van der Waals surface area contributed by atoms with E-state index in [9.17, 15) is 4.79 Å². The van der Waals surface area contributed by atoms with Crippen LogP contribution in [0.2, 0.25) is 0 Å². The third-order valence-electron chi connectivity index (χ3n) is 5.29. The predicted octanol–water partition coefficient (Wildman–Crippen LogP) is 3.51. The molecule has 1 atom stereocenters. The molecule has 1 amide bonds. The summed E-state index contributed by atoms with van der Waals surface area (Å²) in [5.74, 6) is 0.113. The lowest BCUT2D eigenvalue weighted by atomic mass is 9.83. The van der Waals surface area contributed by atoms with Gasteiger partial charge in [0.25, 0.3) is 0 Å². The molecule has 1 saturated carbocycles. The maximum atomic E-state index is 12.7. The van der Waals surface area contributed by atoms with Gasteiger partial charge in [0.2, 0.25) is 5.91 Å². The Kier molecular flexibility index (Phi) is 6.44. The van der Waals surface area contributed by atoms with Gasteiger partial charge in [-0.05, 0) is 52.5 Å². The zero-order valence-corrected chi connectivity index (χ0v) is 15.9. The van der Waals surface area contributed by atoms with E-state index in [1.165, 1.54) is 24.8 Å². The van der Waals surface area contributed by atoms with Crippen molar-refractivity contribution in [1.29, 1.82) is 0 Å². The Labute approximate surface area is 146 Å². The molecule has 1 aliphatic carbocycles. The zero-order valence-electron chi connectivity index (χ0n) is 15.9. The smallest absolute Gasteiger partial charge is 0.223 e. The third kappa shape index (κ3) is 4.59. The van der Waals surface area contributed by atoms with Crippen LogP contribution in [-0.2, 0) is 22.7 Å². The van der Waals surface area contributed by atoms with E-state index in [1.807, 2.05) is 25.5 Å². The summed E-state index contributed by atoms with van der Waals surface area (Å²) in [6.45, 7) is 11.4. The van der Waals surface area contributed by atoms with E-state index in [-0.39, 0.29) is 17.4 Å². The van der Waals surface area contributed by atoms with Crippen molar-refractivity contribution in [2.75, 3.05) is 6.61 Å². The van der Waals surface area contributed by atoms with Crippen LogP contribution in [0.5, 0.6) is 0 Å². The van der Waals surface area contributed by atoms with Crippen LogP contribution in [0.25, 0.3) is 0 Å². The van der Waals surface area contributed by atoms with Crippen molar-refractivity contribution in [3.8, 4) is 0 Å². The van der Waals surface area contributed by atoms with Crippen molar-refractivity contribution in [2.45, 2.75) is 85.4 Å². The van der Waals surface area contributed by atoms with Gasteiger partial charge in [-0.25, -0.2) is 4.68 Å². The van der Waals surface area contributed by atoms with Gasteiger partial charge < -0.3 is 10.1 Å². The molecule has 1 heterocycles. The van der Waals surface area contributed by atoms with Gasteiger partial charge >= 0.3 is 0 Å². The van der Waals surface area contributed by atoms with E-state index in [4.69, 9.17) is 4.74 Å². The molecule has 24 heavy (non-hydrogen) atoms. The first-order valence-corrected chi connectivity index (χ1v) is 9.29. The highest BCUT2D eigenvalue weighted by Gasteiger charge is 2.30. The fourth-order valence-corrected chi connectivity index (χ4v) is 3.61. The molecule has 1 N–H and O–H groups in total. The maximum Gasteiger partial charge on any atom is 0.223 e. The van der Waals surface area contributed by atoms with E-state index < -0.39 is 0 Å². The number of rotatable bonds is 7. The summed E-state index contributed by atoms with van der Waals surface area (Å²) in [4.78, 5) is 12.7. The topological polar surface area (TPSA) is 56.2 Å². The second-order valence-corrected chi connectivity index (χ2v) is 7.49. The van der Waals surface area contributed by atoms with Crippen LogP contribution in [0.3, 0.4) is 0 Å². The molecule has 1 aromatic heterocycles. The number of ether oxygens (including phenoxy) is 1. The minimum Gasteiger partial charge on any atom is -0.360 e. The fraction of sp³-hybridized carbons (Fsp3) is 0.789. The minimum absolute atomic E-state index is 0.0210. The summed E-state index contributed by atoms with van der Waals surface area (Å²) in [7, 11) is 0. The van der Waals surface area contributed by atoms with Gasteiger partial charge in [-0.3, -0.25) is 4.79 Å². The molecule has 0 bridgehead atoms. The average Bonchev–Trinajstić information content (AvgIpc) is 2.80. The summed E-state index contributed by atoms with van der Waals surface area (Å²) in [6, 6.07) is 0. The van der Waals surface area contributed by atoms with Crippen LogP contribution in [0.4, 0.5) is 0 Å². The SMILES string of the molecule is CCOCn1nc(C)c(C[C@H](C)C(=O)NC2(C)CCCCC2)c1C. The first kappa shape index (κ1) is 19.0. The lowest BCUT2D eigenvalue weighted by Crippen LogP contribution is -2.49. The molecule has 0 spiro atoms. The van der Waals surface area contributed by atoms with Gasteiger partial charge in [-0.2, -0.15) is 5.10 Å². The molecule has 0 saturated heterocycles. The Bertz CT molecular complexity index is 559. The molecule has 136 valence electrons. The number of carbonyl (C=O) groups excluding carboxylic acids is 1. The van der Waals surface area contributed by atoms with E-state index in [2.05, 4.69) is 24.3 Å². The average molecular weight is 335 g/mol. The Morgan fingerprint density at radius 2 is 2.00 bits per heavy atom. The van der Waals surface area contributed by atoms with E-state index in [0.29, 0.717) is 13.3 Å². The van der Waals surface area contributed by atoms with Gasteiger partial charge in [-0.15, -0.1) is 0 Å². The molecule has 0 aromatic carbocycles. The highest BCUT2D eigenvalue weighted by Crippen LogP contribution is 2.28. The monoisotopic (exact) mass is 335 g/mol. The van der Waals surface area contributed by atoms with E-state index >= 15 is 0 Å². The molecule has 1 aromatic rings. The Morgan fingerprint density at radius 1 is 1.33 bits per heavy atom. The lowest BCUT2D eigenvalue weighted by molar-refractivity contribution is -0.126. The Morgan fingerprint density at radius 3 is 2.62 bits per heavy atom. The van der Waals surface area contributed by atoms with Crippen molar-refractivity contribution in [2.24, 2.45) is 5.92 Å². The summed E-state index contributed by atoms with van der Waals surface area (Å²) in [6.07, 6.45) is 6.64.